The van der Waals surface area contributed by atoms with Crippen LogP contribution in [0.5, 0.6) is 0 Å². The highest BCUT2D eigenvalue weighted by molar-refractivity contribution is 7.89. The number of halogens is 1. The number of nitrogens with two attached hydrogens (primary N) is 1. The molecule has 0 saturated carbocycles. The molecule has 0 radical (unpaired) electrons. The molecule has 0 fully saturated rings. The highest BCUT2D eigenvalue weighted by atomic mass is 32.2. The summed E-state index contributed by atoms with van der Waals surface area (Å²) in [5.41, 5.74) is 6.73. The van der Waals surface area contributed by atoms with Gasteiger partial charge in [-0.1, -0.05) is 5.16 Å². The van der Waals surface area contributed by atoms with Gasteiger partial charge in [0.05, 0.1) is 10.6 Å². The third-order valence-electron chi connectivity index (χ3n) is 2.82. The van der Waals surface area contributed by atoms with E-state index in [-0.39, 0.29) is 17.1 Å². The van der Waals surface area contributed by atoms with Crippen molar-refractivity contribution in [3.63, 3.8) is 0 Å². The molecular formula is C12H14FN3O3S. The number of anilines is 1. The maximum atomic E-state index is 13.2. The third kappa shape index (κ3) is 2.97. The number of sulfonamides is 1. The molecule has 0 aliphatic rings. The summed E-state index contributed by atoms with van der Waals surface area (Å²) in [7, 11) is -3.85. The second-order valence-electron chi connectivity index (χ2n) is 4.35. The molecule has 1 aromatic heterocycles. The fraction of sp³-hybridized carbons (Fsp3) is 0.250. The van der Waals surface area contributed by atoms with Gasteiger partial charge in [-0.15, -0.1) is 0 Å². The Balaban J connectivity index is 2.24. The van der Waals surface area contributed by atoms with Crippen LogP contribution in [0.25, 0.3) is 0 Å². The molecule has 20 heavy (non-hydrogen) atoms. The average molecular weight is 299 g/mol. The zero-order valence-electron chi connectivity index (χ0n) is 11.0. The van der Waals surface area contributed by atoms with Gasteiger partial charge < -0.3 is 10.3 Å². The van der Waals surface area contributed by atoms with Crippen molar-refractivity contribution in [1.29, 1.82) is 0 Å². The molecule has 0 atom stereocenters. The number of benzene rings is 1. The number of rotatable bonds is 4. The van der Waals surface area contributed by atoms with Crippen LogP contribution < -0.4 is 10.5 Å². The maximum absolute atomic E-state index is 13.2. The van der Waals surface area contributed by atoms with Crippen molar-refractivity contribution in [2.45, 2.75) is 25.3 Å². The van der Waals surface area contributed by atoms with E-state index in [4.69, 9.17) is 10.3 Å². The first-order valence-corrected chi connectivity index (χ1v) is 7.25. The van der Waals surface area contributed by atoms with Gasteiger partial charge in [0.15, 0.2) is 0 Å². The predicted molar refractivity (Wildman–Crippen MR) is 70.8 cm³/mol. The van der Waals surface area contributed by atoms with Gasteiger partial charge in [-0.05, 0) is 32.0 Å². The van der Waals surface area contributed by atoms with Gasteiger partial charge in [-0.2, -0.15) is 0 Å². The Kier molecular flexibility index (Phi) is 3.78. The van der Waals surface area contributed by atoms with E-state index in [0.717, 1.165) is 12.1 Å². The highest BCUT2D eigenvalue weighted by Gasteiger charge is 2.18. The molecule has 0 amide bonds. The van der Waals surface area contributed by atoms with Crippen molar-refractivity contribution in [3.8, 4) is 0 Å². The molecule has 6 nitrogen and oxygen atoms in total. The molecule has 3 N–H and O–H groups in total. The van der Waals surface area contributed by atoms with E-state index in [1.165, 1.54) is 6.07 Å². The standard InChI is InChI=1S/C12H14FN3O3S/c1-7-12(8(2)19-16-7)6-15-20(17,18)11-4-9(13)3-10(14)5-11/h3-5,15H,6,14H2,1-2H3. The molecule has 108 valence electrons. The van der Waals surface area contributed by atoms with Gasteiger partial charge >= 0.3 is 0 Å². The van der Waals surface area contributed by atoms with Gasteiger partial charge in [-0.25, -0.2) is 17.5 Å². The number of hydrogen-bond acceptors (Lipinski definition) is 5. The molecule has 8 heteroatoms. The van der Waals surface area contributed by atoms with Gasteiger partial charge in [0.25, 0.3) is 0 Å². The minimum Gasteiger partial charge on any atom is -0.399 e. The maximum Gasteiger partial charge on any atom is 0.241 e. The lowest BCUT2D eigenvalue weighted by atomic mass is 10.2. The fourth-order valence-electron chi connectivity index (χ4n) is 1.74. The second kappa shape index (κ2) is 5.22. The van der Waals surface area contributed by atoms with Crippen LogP contribution in [0, 0.1) is 19.7 Å². The van der Waals surface area contributed by atoms with Crippen LogP contribution in [0.15, 0.2) is 27.6 Å². The summed E-state index contributed by atoms with van der Waals surface area (Å²) in [4.78, 5) is -0.221. The monoisotopic (exact) mass is 299 g/mol. The van der Waals surface area contributed by atoms with E-state index >= 15 is 0 Å². The lowest BCUT2D eigenvalue weighted by Gasteiger charge is -2.07. The second-order valence-corrected chi connectivity index (χ2v) is 6.11. The van der Waals surface area contributed by atoms with E-state index in [1.807, 2.05) is 0 Å². The molecule has 0 aliphatic carbocycles. The number of aromatic nitrogens is 1. The third-order valence-corrected chi connectivity index (χ3v) is 4.20. The minimum absolute atomic E-state index is 0.0138. The van der Waals surface area contributed by atoms with Crippen molar-refractivity contribution in [1.82, 2.24) is 9.88 Å². The summed E-state index contributed by atoms with van der Waals surface area (Å²) < 4.78 is 44.6. The van der Waals surface area contributed by atoms with Crippen LogP contribution in [0.2, 0.25) is 0 Å². The minimum atomic E-state index is -3.85. The van der Waals surface area contributed by atoms with Crippen LogP contribution in [-0.2, 0) is 16.6 Å². The molecule has 1 aromatic carbocycles. The molecular weight excluding hydrogens is 285 g/mol. The summed E-state index contributed by atoms with van der Waals surface area (Å²) in [6.45, 7) is 3.41. The normalized spacial score (nSPS) is 11.8. The molecule has 2 aromatic rings. The number of aryl methyl sites for hydroxylation is 2. The Morgan fingerprint density at radius 3 is 2.60 bits per heavy atom. The molecule has 1 heterocycles. The van der Waals surface area contributed by atoms with Gasteiger partial charge in [-0.3, -0.25) is 0 Å². The van der Waals surface area contributed by atoms with Crippen molar-refractivity contribution in [3.05, 3.63) is 41.0 Å². The average Bonchev–Trinajstić information content (AvgIpc) is 2.65. The molecule has 0 spiro atoms. The zero-order valence-corrected chi connectivity index (χ0v) is 11.8. The first kappa shape index (κ1) is 14.5. The van der Waals surface area contributed by atoms with Gasteiger partial charge in [0.2, 0.25) is 10.0 Å². The van der Waals surface area contributed by atoms with Crippen LogP contribution >= 0.6 is 0 Å². The van der Waals surface area contributed by atoms with Gasteiger partial charge in [0, 0.05) is 17.8 Å². The summed E-state index contributed by atoms with van der Waals surface area (Å²) in [5, 5.41) is 3.73. The Labute approximate surface area is 115 Å². The molecule has 0 saturated heterocycles. The molecule has 0 aliphatic heterocycles. The van der Waals surface area contributed by atoms with Crippen LogP contribution in [-0.4, -0.2) is 13.6 Å². The topological polar surface area (TPSA) is 98.2 Å². The lowest BCUT2D eigenvalue weighted by molar-refractivity contribution is 0.392. The first-order chi connectivity index (χ1) is 9.29. The SMILES string of the molecule is Cc1noc(C)c1CNS(=O)(=O)c1cc(N)cc(F)c1. The fourth-order valence-corrected chi connectivity index (χ4v) is 2.80. The summed E-state index contributed by atoms with van der Waals surface area (Å²) >= 11 is 0. The lowest BCUT2D eigenvalue weighted by Crippen LogP contribution is -2.24. The quantitative estimate of drug-likeness (QED) is 0.833. The van der Waals surface area contributed by atoms with E-state index < -0.39 is 15.8 Å². The number of nitrogen functional groups attached to an aromatic ring is 1. The van der Waals surface area contributed by atoms with Crippen molar-refractivity contribution < 1.29 is 17.3 Å². The number of nitrogens with one attached hydrogen (secondary N) is 1. The van der Waals surface area contributed by atoms with Gasteiger partial charge in [0.1, 0.15) is 11.6 Å². The Morgan fingerprint density at radius 1 is 1.35 bits per heavy atom. The summed E-state index contributed by atoms with van der Waals surface area (Å²) in [6, 6.07) is 3.15. The number of nitrogens with zero attached hydrogens (tertiary/aromatic N) is 1. The zero-order chi connectivity index (χ0) is 14.9. The van der Waals surface area contributed by atoms with Crippen LogP contribution in [0.4, 0.5) is 10.1 Å². The van der Waals surface area contributed by atoms with E-state index in [2.05, 4.69) is 9.88 Å². The van der Waals surface area contributed by atoms with Crippen molar-refractivity contribution in [2.75, 3.05) is 5.73 Å². The molecule has 0 bridgehead atoms. The predicted octanol–water partition coefficient (Wildman–Crippen LogP) is 1.49. The number of hydrogen-bond donors (Lipinski definition) is 2. The van der Waals surface area contributed by atoms with E-state index in [9.17, 15) is 12.8 Å². The van der Waals surface area contributed by atoms with Crippen molar-refractivity contribution >= 4 is 15.7 Å². The molecule has 2 rings (SSSR count). The van der Waals surface area contributed by atoms with Crippen molar-refractivity contribution in [2.24, 2.45) is 0 Å². The smallest absolute Gasteiger partial charge is 0.241 e. The Hall–Kier alpha value is -1.93. The van der Waals surface area contributed by atoms with Crippen LogP contribution in [0.1, 0.15) is 17.0 Å². The van der Waals surface area contributed by atoms with Crippen LogP contribution in [0.3, 0.4) is 0 Å². The largest absolute Gasteiger partial charge is 0.399 e. The summed E-state index contributed by atoms with van der Waals surface area (Å²) in [6.07, 6.45) is 0. The Morgan fingerprint density at radius 2 is 2.05 bits per heavy atom. The molecule has 0 unspecified atom stereocenters. The van der Waals surface area contributed by atoms with E-state index in [0.29, 0.717) is 17.0 Å². The van der Waals surface area contributed by atoms with E-state index in [1.54, 1.807) is 13.8 Å². The first-order valence-electron chi connectivity index (χ1n) is 5.77. The highest BCUT2D eigenvalue weighted by Crippen LogP contribution is 2.17. The Bertz CT molecular complexity index is 701. The summed E-state index contributed by atoms with van der Waals surface area (Å²) in [5.74, 6) is -0.174.